The molecule has 1 fully saturated rings. The van der Waals surface area contributed by atoms with Gasteiger partial charge in [0.15, 0.2) is 0 Å². The number of fused-ring (bicyclic) bond motifs is 1. The molecule has 22 heavy (non-hydrogen) atoms. The first-order valence-corrected chi connectivity index (χ1v) is 7.77. The average molecular weight is 302 g/mol. The zero-order valence-corrected chi connectivity index (χ0v) is 13.5. The molecular weight excluding hydrogens is 280 g/mol. The van der Waals surface area contributed by atoms with Crippen LogP contribution < -0.4 is 5.32 Å². The van der Waals surface area contributed by atoms with Gasteiger partial charge in [-0.1, -0.05) is 19.0 Å². The van der Waals surface area contributed by atoms with Gasteiger partial charge >= 0.3 is 0 Å². The van der Waals surface area contributed by atoms with E-state index in [0.717, 1.165) is 24.2 Å². The lowest BCUT2D eigenvalue weighted by atomic mass is 10.0. The van der Waals surface area contributed by atoms with Gasteiger partial charge < -0.3 is 14.7 Å². The SMILES string of the molecule is Cc1noc2nc(C(C)C)cc(C(=O)N3CCNCC3C)c12. The third kappa shape index (κ3) is 2.47. The van der Waals surface area contributed by atoms with E-state index < -0.39 is 0 Å². The van der Waals surface area contributed by atoms with Gasteiger partial charge in [-0.15, -0.1) is 0 Å². The van der Waals surface area contributed by atoms with Gasteiger partial charge in [0.25, 0.3) is 11.6 Å². The van der Waals surface area contributed by atoms with E-state index in [2.05, 4.69) is 36.2 Å². The number of carbonyl (C=O) groups excluding carboxylic acids is 1. The Kier molecular flexibility index (Phi) is 3.87. The number of aryl methyl sites for hydroxylation is 1. The molecule has 1 atom stereocenters. The lowest BCUT2D eigenvalue weighted by molar-refractivity contribution is 0.0657. The van der Waals surface area contributed by atoms with Gasteiger partial charge in [0, 0.05) is 31.4 Å². The monoisotopic (exact) mass is 302 g/mol. The Labute approximate surface area is 129 Å². The molecule has 0 bridgehead atoms. The van der Waals surface area contributed by atoms with Gasteiger partial charge in [-0.3, -0.25) is 4.79 Å². The molecule has 118 valence electrons. The molecule has 6 nitrogen and oxygen atoms in total. The maximum Gasteiger partial charge on any atom is 0.259 e. The molecular formula is C16H22N4O2. The molecule has 1 aliphatic heterocycles. The smallest absolute Gasteiger partial charge is 0.259 e. The number of carbonyl (C=O) groups is 1. The second-order valence-corrected chi connectivity index (χ2v) is 6.25. The van der Waals surface area contributed by atoms with Crippen molar-refractivity contribution in [2.45, 2.75) is 39.7 Å². The molecule has 1 N–H and O–H groups in total. The Balaban J connectivity index is 2.11. The van der Waals surface area contributed by atoms with Crippen LogP contribution in [0.2, 0.25) is 0 Å². The number of nitrogens with one attached hydrogen (secondary N) is 1. The fourth-order valence-corrected chi connectivity index (χ4v) is 2.88. The molecule has 1 unspecified atom stereocenters. The zero-order chi connectivity index (χ0) is 15.9. The first-order chi connectivity index (χ1) is 10.5. The van der Waals surface area contributed by atoms with Crippen LogP contribution in [0.25, 0.3) is 11.1 Å². The molecule has 0 aromatic carbocycles. The highest BCUT2D eigenvalue weighted by molar-refractivity contribution is 6.06. The molecule has 0 spiro atoms. The van der Waals surface area contributed by atoms with Crippen LogP contribution in [-0.2, 0) is 0 Å². The maximum absolute atomic E-state index is 13.1. The van der Waals surface area contributed by atoms with Crippen LogP contribution in [0.5, 0.6) is 0 Å². The molecule has 0 radical (unpaired) electrons. The topological polar surface area (TPSA) is 71.3 Å². The third-order valence-corrected chi connectivity index (χ3v) is 4.22. The van der Waals surface area contributed by atoms with E-state index in [9.17, 15) is 4.79 Å². The van der Waals surface area contributed by atoms with Crippen molar-refractivity contribution in [3.63, 3.8) is 0 Å². The predicted molar refractivity (Wildman–Crippen MR) is 84.0 cm³/mol. The van der Waals surface area contributed by atoms with E-state index in [1.165, 1.54) is 0 Å². The molecule has 2 aromatic heterocycles. The summed E-state index contributed by atoms with van der Waals surface area (Å²) in [5, 5.41) is 8.03. The Hall–Kier alpha value is -1.95. The summed E-state index contributed by atoms with van der Waals surface area (Å²) in [7, 11) is 0. The number of nitrogens with zero attached hydrogens (tertiary/aromatic N) is 3. The number of rotatable bonds is 2. The second kappa shape index (κ2) is 5.68. The van der Waals surface area contributed by atoms with E-state index in [4.69, 9.17) is 4.52 Å². The Bertz CT molecular complexity index is 707. The molecule has 3 rings (SSSR count). The van der Waals surface area contributed by atoms with Crippen LogP contribution in [0, 0.1) is 6.92 Å². The minimum absolute atomic E-state index is 0.0367. The Morgan fingerprint density at radius 1 is 1.50 bits per heavy atom. The van der Waals surface area contributed by atoms with Crippen LogP contribution in [0.15, 0.2) is 10.6 Å². The van der Waals surface area contributed by atoms with E-state index in [1.54, 1.807) is 0 Å². The van der Waals surface area contributed by atoms with Crippen LogP contribution in [0.1, 0.15) is 48.4 Å². The molecule has 3 heterocycles. The Morgan fingerprint density at radius 3 is 2.95 bits per heavy atom. The van der Waals surface area contributed by atoms with Crippen LogP contribution in [-0.4, -0.2) is 46.6 Å². The van der Waals surface area contributed by atoms with Gasteiger partial charge in [-0.05, 0) is 25.8 Å². The Morgan fingerprint density at radius 2 is 2.27 bits per heavy atom. The van der Waals surface area contributed by atoms with Crippen molar-refractivity contribution in [3.8, 4) is 0 Å². The fraction of sp³-hybridized carbons (Fsp3) is 0.562. The van der Waals surface area contributed by atoms with Crippen LogP contribution in [0.3, 0.4) is 0 Å². The molecule has 1 amide bonds. The third-order valence-electron chi connectivity index (χ3n) is 4.22. The van der Waals surface area contributed by atoms with Gasteiger partial charge in [-0.2, -0.15) is 0 Å². The van der Waals surface area contributed by atoms with Crippen molar-refractivity contribution in [1.82, 2.24) is 20.4 Å². The summed E-state index contributed by atoms with van der Waals surface area (Å²) in [5.74, 6) is 0.261. The lowest BCUT2D eigenvalue weighted by Crippen LogP contribution is -2.52. The highest BCUT2D eigenvalue weighted by Gasteiger charge is 2.28. The van der Waals surface area contributed by atoms with E-state index in [-0.39, 0.29) is 17.9 Å². The van der Waals surface area contributed by atoms with Crippen LogP contribution >= 0.6 is 0 Å². The van der Waals surface area contributed by atoms with E-state index in [0.29, 0.717) is 23.5 Å². The first-order valence-electron chi connectivity index (χ1n) is 7.77. The van der Waals surface area contributed by atoms with Gasteiger partial charge in [0.05, 0.1) is 16.6 Å². The number of pyridine rings is 1. The molecule has 1 aliphatic rings. The van der Waals surface area contributed by atoms with Crippen LogP contribution in [0.4, 0.5) is 0 Å². The summed E-state index contributed by atoms with van der Waals surface area (Å²) in [6, 6.07) is 2.07. The van der Waals surface area contributed by atoms with E-state index >= 15 is 0 Å². The minimum atomic E-state index is 0.0367. The summed E-state index contributed by atoms with van der Waals surface area (Å²) in [6.07, 6.45) is 0. The molecule has 1 saturated heterocycles. The molecule has 0 aliphatic carbocycles. The number of amides is 1. The average Bonchev–Trinajstić information content (AvgIpc) is 2.88. The highest BCUT2D eigenvalue weighted by Crippen LogP contribution is 2.26. The summed E-state index contributed by atoms with van der Waals surface area (Å²) < 4.78 is 5.30. The summed E-state index contributed by atoms with van der Waals surface area (Å²) >= 11 is 0. The van der Waals surface area contributed by atoms with Crippen molar-refractivity contribution in [3.05, 3.63) is 23.0 Å². The first kappa shape index (κ1) is 15.0. The number of hydrogen-bond donors (Lipinski definition) is 1. The zero-order valence-electron chi connectivity index (χ0n) is 13.5. The normalized spacial score (nSPS) is 19.1. The highest BCUT2D eigenvalue weighted by atomic mass is 16.5. The maximum atomic E-state index is 13.1. The van der Waals surface area contributed by atoms with E-state index in [1.807, 2.05) is 17.9 Å². The van der Waals surface area contributed by atoms with Crippen molar-refractivity contribution in [1.29, 1.82) is 0 Å². The largest absolute Gasteiger partial charge is 0.336 e. The summed E-state index contributed by atoms with van der Waals surface area (Å²) in [6.45, 7) is 10.4. The summed E-state index contributed by atoms with van der Waals surface area (Å²) in [5.41, 5.74) is 2.68. The lowest BCUT2D eigenvalue weighted by Gasteiger charge is -2.34. The van der Waals surface area contributed by atoms with Gasteiger partial charge in [0.2, 0.25) is 0 Å². The number of aromatic nitrogens is 2. The number of hydrogen-bond acceptors (Lipinski definition) is 5. The molecule has 6 heteroatoms. The van der Waals surface area contributed by atoms with Gasteiger partial charge in [-0.25, -0.2) is 4.98 Å². The quantitative estimate of drug-likeness (QED) is 0.919. The fourth-order valence-electron chi connectivity index (χ4n) is 2.88. The molecule has 2 aromatic rings. The number of piperazine rings is 1. The predicted octanol–water partition coefficient (Wildman–Crippen LogP) is 2.09. The minimum Gasteiger partial charge on any atom is -0.336 e. The van der Waals surface area contributed by atoms with Crippen molar-refractivity contribution in [2.24, 2.45) is 0 Å². The summed E-state index contributed by atoms with van der Waals surface area (Å²) in [4.78, 5) is 19.5. The van der Waals surface area contributed by atoms with Crippen molar-refractivity contribution >= 4 is 17.0 Å². The second-order valence-electron chi connectivity index (χ2n) is 6.25. The van der Waals surface area contributed by atoms with Crippen molar-refractivity contribution < 1.29 is 9.32 Å². The van der Waals surface area contributed by atoms with Crippen molar-refractivity contribution in [2.75, 3.05) is 19.6 Å². The van der Waals surface area contributed by atoms with Gasteiger partial charge in [0.1, 0.15) is 0 Å². The standard InChI is InChI=1S/C16H22N4O2/c1-9(2)13-7-12(14-11(4)19-22-15(14)18-13)16(21)20-6-5-17-8-10(20)3/h7,9-10,17H,5-6,8H2,1-4H3. The molecule has 0 saturated carbocycles.